The molecule has 0 bridgehead atoms. The van der Waals surface area contributed by atoms with Gasteiger partial charge < -0.3 is 29.7 Å². The van der Waals surface area contributed by atoms with Crippen LogP contribution in [0.15, 0.2) is 30.0 Å². The van der Waals surface area contributed by atoms with Crippen molar-refractivity contribution in [2.45, 2.75) is 25.1 Å². The van der Waals surface area contributed by atoms with Crippen molar-refractivity contribution >= 4 is 20.9 Å². The number of fused-ring (bicyclic) bond motifs is 1. The third kappa shape index (κ3) is 6.70. The van der Waals surface area contributed by atoms with Crippen molar-refractivity contribution < 1.29 is 42.5 Å². The van der Waals surface area contributed by atoms with Crippen LogP contribution in [-0.4, -0.2) is 60.2 Å². The van der Waals surface area contributed by atoms with Crippen LogP contribution in [0.4, 0.5) is 4.39 Å². The van der Waals surface area contributed by atoms with E-state index in [1.54, 1.807) is 0 Å². The number of aliphatic hydroxyl groups is 2. The first-order valence-electron chi connectivity index (χ1n) is 8.91. The Morgan fingerprint density at radius 2 is 2.29 bits per heavy atom. The highest BCUT2D eigenvalue weighted by Gasteiger charge is 2.42. The number of halogens is 1. The fraction of sp³-hybridized carbons (Fsp3) is 0.368. The molecule has 1 heterocycles. The number of hydrogen-bond donors (Lipinski definition) is 3. The van der Waals surface area contributed by atoms with Crippen LogP contribution in [0.2, 0.25) is 0 Å². The van der Waals surface area contributed by atoms with Crippen LogP contribution >= 0.6 is 8.60 Å². The first-order chi connectivity index (χ1) is 14.7. The first kappa shape index (κ1) is 24.7. The maximum atomic E-state index is 13.3. The number of ether oxygens (including phenoxy) is 1. The van der Waals surface area contributed by atoms with Gasteiger partial charge >= 0.3 is 14.6 Å². The molecule has 0 fully saturated rings. The van der Waals surface area contributed by atoms with Gasteiger partial charge in [-0.25, -0.2) is 8.91 Å². The largest absolute Gasteiger partial charge is 0.426 e. The highest BCUT2D eigenvalue weighted by molar-refractivity contribution is 7.42. The lowest BCUT2D eigenvalue weighted by atomic mass is 10.2. The molecule has 1 aromatic carbocycles. The fourth-order valence-corrected chi connectivity index (χ4v) is 3.59. The molecule has 0 aliphatic carbocycles. The molecule has 10 nitrogen and oxygen atoms in total. The second-order valence-electron chi connectivity index (χ2n) is 6.21. The zero-order valence-electron chi connectivity index (χ0n) is 16.8. The number of carbonyl (C=O) groups excluding carboxylic acids is 2. The van der Waals surface area contributed by atoms with Gasteiger partial charge in [0.25, 0.3) is 5.91 Å². The van der Waals surface area contributed by atoms with Crippen molar-refractivity contribution in [3.8, 4) is 18.1 Å². The number of benzene rings is 1. The molecule has 2 unspecified atom stereocenters. The van der Waals surface area contributed by atoms with Crippen LogP contribution in [-0.2, 0) is 30.0 Å². The molecule has 2 amide bonds. The Morgan fingerprint density at radius 3 is 2.90 bits per heavy atom. The summed E-state index contributed by atoms with van der Waals surface area (Å²) in [6.45, 7) is -0.136. The van der Waals surface area contributed by atoms with E-state index in [0.29, 0.717) is 12.0 Å². The zero-order chi connectivity index (χ0) is 23.0. The topological polar surface area (TPSA) is 127 Å². The average Bonchev–Trinajstić information content (AvgIpc) is 2.75. The highest BCUT2D eigenvalue weighted by atomic mass is 31.2. The molecule has 0 saturated carbocycles. The number of terminal acetylenes is 1. The smallest absolute Gasteiger partial charge is 0.402 e. The Bertz CT molecular complexity index is 873. The Labute approximate surface area is 179 Å². The number of carbonyl (C=O) groups is 2. The van der Waals surface area contributed by atoms with Crippen LogP contribution in [0, 0.1) is 18.2 Å². The van der Waals surface area contributed by atoms with Gasteiger partial charge in [-0.05, 0) is 24.6 Å². The summed E-state index contributed by atoms with van der Waals surface area (Å²) in [7, 11) is 0.366. The Morgan fingerprint density at radius 1 is 1.55 bits per heavy atom. The number of hydrogen-bond acceptors (Lipinski definition) is 8. The van der Waals surface area contributed by atoms with Crippen molar-refractivity contribution in [2.24, 2.45) is 0 Å². The van der Waals surface area contributed by atoms with Crippen molar-refractivity contribution in [3.63, 3.8) is 0 Å². The van der Waals surface area contributed by atoms with Crippen LogP contribution in [0.25, 0.3) is 0 Å². The molecule has 3 N–H and O–H groups in total. The van der Waals surface area contributed by atoms with E-state index in [0.717, 1.165) is 11.1 Å². The lowest BCUT2D eigenvalue weighted by Gasteiger charge is -2.33. The normalized spacial score (nSPS) is 17.0. The van der Waals surface area contributed by atoms with Gasteiger partial charge in [-0.3, -0.25) is 14.1 Å². The summed E-state index contributed by atoms with van der Waals surface area (Å²) in [5, 5.41) is 23.0. The molecule has 2 rings (SSSR count). The summed E-state index contributed by atoms with van der Waals surface area (Å²) < 4.78 is 34.2. The van der Waals surface area contributed by atoms with Crippen molar-refractivity contribution in [3.05, 3.63) is 41.4 Å². The standard InChI is InChI=1S/C19H22FN2O8P/c1-4-13(18(24)21-2)10-22(12-23)8-7-17(27-3)19(25,26)30-31-28-11-14-9-15(20)5-6-16(14)29-31/h1,5-6,9-10,12,17,25-26H,7-8,11H2,2-3H3,(H,21,24)/b13-10-. The van der Waals surface area contributed by atoms with E-state index in [9.17, 15) is 24.2 Å². The second kappa shape index (κ2) is 11.2. The monoisotopic (exact) mass is 456 g/mol. The molecule has 1 aliphatic heterocycles. The quantitative estimate of drug-likeness (QED) is 0.155. The molecule has 0 spiro atoms. The number of nitrogens with one attached hydrogen (secondary N) is 1. The summed E-state index contributed by atoms with van der Waals surface area (Å²) in [4.78, 5) is 24.0. The average molecular weight is 456 g/mol. The Kier molecular flexibility index (Phi) is 8.88. The van der Waals surface area contributed by atoms with Crippen LogP contribution < -0.4 is 9.84 Å². The van der Waals surface area contributed by atoms with Gasteiger partial charge in [0.15, 0.2) is 0 Å². The predicted molar refractivity (Wildman–Crippen MR) is 106 cm³/mol. The van der Waals surface area contributed by atoms with Crippen molar-refractivity contribution in [1.82, 2.24) is 10.2 Å². The summed E-state index contributed by atoms with van der Waals surface area (Å²) in [6.07, 6.45) is 5.37. The SMILES string of the molecule is C#C/C(=C/N(C=O)CCC(OC)C(O)(O)OP1OCc2cc(F)ccc2O1)C(=O)NC. The van der Waals surface area contributed by atoms with E-state index in [4.69, 9.17) is 24.7 Å². The molecular formula is C19H22FN2O8P. The van der Waals surface area contributed by atoms with Gasteiger partial charge in [0.2, 0.25) is 6.41 Å². The van der Waals surface area contributed by atoms with Crippen LogP contribution in [0.1, 0.15) is 12.0 Å². The molecule has 31 heavy (non-hydrogen) atoms. The molecule has 12 heteroatoms. The van der Waals surface area contributed by atoms with Crippen LogP contribution in [0.5, 0.6) is 5.75 Å². The predicted octanol–water partition coefficient (Wildman–Crippen LogP) is 0.743. The molecule has 1 aromatic rings. The van der Waals surface area contributed by atoms with Gasteiger partial charge in [-0.15, -0.1) is 6.42 Å². The van der Waals surface area contributed by atoms with E-state index >= 15 is 0 Å². The number of methoxy groups -OCH3 is 1. The molecule has 2 atom stereocenters. The Hall–Kier alpha value is -2.58. The molecule has 168 valence electrons. The lowest BCUT2D eigenvalue weighted by molar-refractivity contribution is -0.344. The summed E-state index contributed by atoms with van der Waals surface area (Å²) in [5.41, 5.74) is 0.350. The van der Waals surface area contributed by atoms with E-state index in [-0.39, 0.29) is 30.9 Å². The summed E-state index contributed by atoms with van der Waals surface area (Å²) >= 11 is 0. The van der Waals surface area contributed by atoms with Crippen LogP contribution in [0.3, 0.4) is 0 Å². The summed E-state index contributed by atoms with van der Waals surface area (Å²) in [5.74, 6) is -1.42. The Balaban J connectivity index is 2.01. The maximum Gasteiger partial charge on any atom is 0.402 e. The molecule has 1 aliphatic rings. The molecule has 0 aromatic heterocycles. The van der Waals surface area contributed by atoms with Crippen molar-refractivity contribution in [1.29, 1.82) is 0 Å². The minimum atomic E-state index is -2.84. The van der Waals surface area contributed by atoms with Gasteiger partial charge in [0.05, 0.1) is 6.61 Å². The fourth-order valence-electron chi connectivity index (χ4n) is 2.53. The minimum absolute atomic E-state index is 0.0510. The summed E-state index contributed by atoms with van der Waals surface area (Å²) in [6, 6.07) is 3.79. The first-order valence-corrected chi connectivity index (χ1v) is 10.0. The van der Waals surface area contributed by atoms with E-state index in [1.165, 1.54) is 32.4 Å². The molecule has 0 saturated heterocycles. The highest BCUT2D eigenvalue weighted by Crippen LogP contribution is 2.49. The van der Waals surface area contributed by atoms with Crippen molar-refractivity contribution in [2.75, 3.05) is 20.7 Å². The number of nitrogens with zero attached hydrogens (tertiary/aromatic N) is 1. The second-order valence-corrected chi connectivity index (χ2v) is 7.28. The third-order valence-corrected chi connectivity index (χ3v) is 5.24. The van der Waals surface area contributed by atoms with E-state index in [1.807, 2.05) is 0 Å². The van der Waals surface area contributed by atoms with E-state index in [2.05, 4.69) is 11.2 Å². The molecule has 0 radical (unpaired) electrons. The number of likely N-dealkylation sites (N-methyl/N-ethyl adjacent to an activating group) is 1. The van der Waals surface area contributed by atoms with Gasteiger partial charge in [0, 0.05) is 32.5 Å². The van der Waals surface area contributed by atoms with E-state index < -0.39 is 32.4 Å². The zero-order valence-corrected chi connectivity index (χ0v) is 17.7. The maximum absolute atomic E-state index is 13.3. The van der Waals surface area contributed by atoms with Gasteiger partial charge in [0.1, 0.15) is 23.2 Å². The lowest BCUT2D eigenvalue weighted by Crippen LogP contribution is -2.46. The van der Waals surface area contributed by atoms with Gasteiger partial charge in [-0.1, -0.05) is 5.92 Å². The van der Waals surface area contributed by atoms with Gasteiger partial charge in [-0.2, -0.15) is 0 Å². The minimum Gasteiger partial charge on any atom is -0.426 e. The number of amides is 2. The number of rotatable bonds is 10. The molecular weight excluding hydrogens is 434 g/mol. The third-order valence-electron chi connectivity index (χ3n) is 4.14.